The Bertz CT molecular complexity index is 1240. The Morgan fingerprint density at radius 3 is 2.62 bits per heavy atom. The molecule has 9 heteroatoms. The lowest BCUT2D eigenvalue weighted by Crippen LogP contribution is -2.51. The summed E-state index contributed by atoms with van der Waals surface area (Å²) in [5, 5.41) is 9.75. The molecule has 2 fully saturated rings. The Balaban J connectivity index is 1.44. The smallest absolute Gasteiger partial charge is 0.411 e. The number of fused-ring (bicyclic) bond motifs is 2. The number of nitrogens with zero attached hydrogens (tertiary/aromatic N) is 2. The van der Waals surface area contributed by atoms with E-state index in [1.54, 1.807) is 43.9 Å². The fourth-order valence-corrected chi connectivity index (χ4v) is 5.34. The highest BCUT2D eigenvalue weighted by atomic mass is 19.1. The van der Waals surface area contributed by atoms with Gasteiger partial charge in [0.25, 0.3) is 0 Å². The summed E-state index contributed by atoms with van der Waals surface area (Å²) >= 11 is 0. The second kappa shape index (κ2) is 10.4. The summed E-state index contributed by atoms with van der Waals surface area (Å²) in [6.07, 6.45) is 1.93. The number of carbonyl (C=O) groups is 3. The lowest BCUT2D eigenvalue weighted by Gasteiger charge is -2.35. The van der Waals surface area contributed by atoms with Crippen LogP contribution in [0.3, 0.4) is 0 Å². The maximum Gasteiger partial charge on any atom is 0.411 e. The maximum absolute atomic E-state index is 15.0. The Labute approximate surface area is 215 Å². The molecular formula is C28H31FN2O6. The summed E-state index contributed by atoms with van der Waals surface area (Å²) in [6, 6.07) is 8.94. The van der Waals surface area contributed by atoms with E-state index in [4.69, 9.17) is 9.15 Å². The van der Waals surface area contributed by atoms with Crippen LogP contribution in [0.2, 0.25) is 0 Å². The van der Waals surface area contributed by atoms with Gasteiger partial charge in [-0.25, -0.2) is 14.0 Å². The number of esters is 1. The van der Waals surface area contributed by atoms with E-state index in [2.05, 4.69) is 10.8 Å². The van der Waals surface area contributed by atoms with Gasteiger partial charge in [-0.15, -0.1) is 0 Å². The molecular weight excluding hydrogens is 479 g/mol. The van der Waals surface area contributed by atoms with Gasteiger partial charge in [-0.2, -0.15) is 5.26 Å². The summed E-state index contributed by atoms with van der Waals surface area (Å²) in [5.74, 6) is -1.75. The molecule has 2 aliphatic rings. The molecule has 37 heavy (non-hydrogen) atoms. The number of rotatable bonds is 7. The zero-order chi connectivity index (χ0) is 26.9. The van der Waals surface area contributed by atoms with Gasteiger partial charge in [0.05, 0.1) is 25.1 Å². The van der Waals surface area contributed by atoms with Gasteiger partial charge in [0.1, 0.15) is 17.2 Å². The minimum atomic E-state index is -0.748. The highest BCUT2D eigenvalue weighted by Crippen LogP contribution is 2.44. The Morgan fingerprint density at radius 2 is 1.97 bits per heavy atom. The van der Waals surface area contributed by atoms with Crippen molar-refractivity contribution in [2.24, 2.45) is 11.8 Å². The number of piperidine rings is 1. The van der Waals surface area contributed by atoms with Crippen molar-refractivity contribution in [3.63, 3.8) is 0 Å². The predicted molar refractivity (Wildman–Crippen MR) is 131 cm³/mol. The second-order valence-electron chi connectivity index (χ2n) is 10.7. The van der Waals surface area contributed by atoms with Gasteiger partial charge >= 0.3 is 12.1 Å². The third-order valence-electron chi connectivity index (χ3n) is 6.95. The van der Waals surface area contributed by atoms with Crippen molar-refractivity contribution in [1.29, 1.82) is 5.26 Å². The van der Waals surface area contributed by atoms with E-state index in [1.165, 1.54) is 19.2 Å². The first-order valence-corrected chi connectivity index (χ1v) is 12.4. The second-order valence-corrected chi connectivity index (χ2v) is 10.7. The number of halogens is 1. The van der Waals surface area contributed by atoms with Crippen LogP contribution in [0.1, 0.15) is 62.6 Å². The number of hydrogen-bond donors (Lipinski definition) is 0. The zero-order valence-corrected chi connectivity index (χ0v) is 21.5. The molecule has 1 aliphatic heterocycles. The van der Waals surface area contributed by atoms with Gasteiger partial charge < -0.3 is 13.9 Å². The average molecular weight is 511 g/mol. The normalized spacial score (nSPS) is 21.4. The van der Waals surface area contributed by atoms with Crippen LogP contribution in [0.25, 0.3) is 11.3 Å². The van der Waals surface area contributed by atoms with Crippen molar-refractivity contribution in [1.82, 2.24) is 4.90 Å². The first-order valence-electron chi connectivity index (χ1n) is 12.4. The van der Waals surface area contributed by atoms with Crippen LogP contribution in [0.4, 0.5) is 9.18 Å². The molecule has 1 aromatic heterocycles. The molecule has 1 amide bonds. The van der Waals surface area contributed by atoms with Crippen molar-refractivity contribution >= 4 is 17.8 Å². The number of methoxy groups -OCH3 is 1. The quantitative estimate of drug-likeness (QED) is 0.465. The molecule has 0 N–H and O–H groups in total. The van der Waals surface area contributed by atoms with Crippen LogP contribution in [0.5, 0.6) is 0 Å². The van der Waals surface area contributed by atoms with E-state index in [1.807, 2.05) is 0 Å². The summed E-state index contributed by atoms with van der Waals surface area (Å²) in [5.41, 5.74) is 0.0396. The van der Waals surface area contributed by atoms with Crippen LogP contribution in [0.15, 0.2) is 34.7 Å². The van der Waals surface area contributed by atoms with Crippen LogP contribution in [0, 0.1) is 29.0 Å². The monoisotopic (exact) mass is 510 g/mol. The minimum Gasteiger partial charge on any atom is -0.463 e. The summed E-state index contributed by atoms with van der Waals surface area (Å²) in [4.78, 5) is 39.4. The number of furan rings is 1. The molecule has 1 saturated heterocycles. The van der Waals surface area contributed by atoms with Crippen molar-refractivity contribution in [2.75, 3.05) is 7.11 Å². The molecule has 0 radical (unpaired) electrons. The van der Waals surface area contributed by atoms with Crippen molar-refractivity contribution in [2.45, 2.75) is 70.6 Å². The van der Waals surface area contributed by atoms with Gasteiger partial charge in [-0.05, 0) is 76.1 Å². The molecule has 1 saturated carbocycles. The highest BCUT2D eigenvalue weighted by molar-refractivity contribution is 5.89. The molecule has 1 aromatic carbocycles. The lowest BCUT2D eigenvalue weighted by molar-refractivity contribution is -0.126. The molecule has 4 rings (SSSR count). The van der Waals surface area contributed by atoms with E-state index in [0.29, 0.717) is 16.9 Å². The molecule has 2 heterocycles. The molecule has 0 unspecified atom stereocenters. The first kappa shape index (κ1) is 26.4. The summed E-state index contributed by atoms with van der Waals surface area (Å²) in [6.45, 7) is 5.35. The fraction of sp³-hybridized carbons (Fsp3) is 0.500. The van der Waals surface area contributed by atoms with Crippen LogP contribution in [-0.4, -0.2) is 47.5 Å². The molecule has 0 spiro atoms. The topological polar surface area (TPSA) is 110 Å². The standard InChI is InChI=1S/C28H31FN2O6/c1-28(2,3)37-27(34)31-20-8-7-19(13-20)25(31)22(32)12-16(15-30)11-17-5-6-18(14-21(17)29)23-9-10-24(36-23)26(33)35-4/h5-6,9-10,14,16,19-20,25H,7-8,11-13H2,1-4H3/t16-,19+,20-,25+/m1/s1. The van der Waals surface area contributed by atoms with Crippen LogP contribution < -0.4 is 0 Å². The van der Waals surface area contributed by atoms with E-state index >= 15 is 0 Å². The number of nitriles is 1. The number of carbonyl (C=O) groups excluding carboxylic acids is 3. The first-order chi connectivity index (χ1) is 17.5. The Morgan fingerprint density at radius 1 is 1.22 bits per heavy atom. The highest BCUT2D eigenvalue weighted by Gasteiger charge is 2.52. The Hall–Kier alpha value is -3.67. The van der Waals surface area contributed by atoms with E-state index < -0.39 is 35.4 Å². The molecule has 2 aromatic rings. The number of Topliss-reactive ketones (excluding diaryl/α,β-unsaturated/α-hetero) is 1. The molecule has 196 valence electrons. The SMILES string of the molecule is COC(=O)c1ccc(-c2ccc(C[C@@H](C#N)CC(=O)[C@@H]3[C@H]4CC[C@H](C4)N3C(=O)OC(C)(C)C)c(F)c2)o1. The number of ether oxygens (including phenoxy) is 2. The number of ketones is 1. The molecule has 8 nitrogen and oxygen atoms in total. The fourth-order valence-electron chi connectivity index (χ4n) is 5.34. The Kier molecular flexibility index (Phi) is 7.39. The lowest BCUT2D eigenvalue weighted by atomic mass is 9.87. The third kappa shape index (κ3) is 5.68. The van der Waals surface area contributed by atoms with E-state index in [9.17, 15) is 24.0 Å². The number of hydrogen-bond acceptors (Lipinski definition) is 7. The van der Waals surface area contributed by atoms with E-state index in [-0.39, 0.29) is 36.3 Å². The van der Waals surface area contributed by atoms with Gasteiger partial charge in [0, 0.05) is 18.0 Å². The summed E-state index contributed by atoms with van der Waals surface area (Å²) in [7, 11) is 1.24. The minimum absolute atomic E-state index is 0.00563. The number of amides is 1. The molecule has 4 atom stereocenters. The third-order valence-corrected chi connectivity index (χ3v) is 6.95. The average Bonchev–Trinajstić information content (AvgIpc) is 3.59. The van der Waals surface area contributed by atoms with Crippen molar-refractivity contribution in [3.8, 4) is 17.4 Å². The van der Waals surface area contributed by atoms with E-state index in [0.717, 1.165) is 19.3 Å². The largest absolute Gasteiger partial charge is 0.463 e. The zero-order valence-electron chi connectivity index (χ0n) is 21.5. The van der Waals surface area contributed by atoms with Gasteiger partial charge in [0.2, 0.25) is 5.76 Å². The van der Waals surface area contributed by atoms with Crippen molar-refractivity contribution in [3.05, 3.63) is 47.5 Å². The van der Waals surface area contributed by atoms with Crippen molar-refractivity contribution < 1.29 is 32.7 Å². The predicted octanol–water partition coefficient (Wildman–Crippen LogP) is 5.30. The van der Waals surface area contributed by atoms with Gasteiger partial charge in [-0.1, -0.05) is 12.1 Å². The van der Waals surface area contributed by atoms with Crippen LogP contribution >= 0.6 is 0 Å². The maximum atomic E-state index is 15.0. The molecule has 1 aliphatic carbocycles. The number of likely N-dealkylation sites (tertiary alicyclic amines) is 1. The van der Waals surface area contributed by atoms with Gasteiger partial charge in [0.15, 0.2) is 5.78 Å². The molecule has 2 bridgehead atoms. The summed E-state index contributed by atoms with van der Waals surface area (Å²) < 4.78 is 30.6. The van der Waals surface area contributed by atoms with Gasteiger partial charge in [-0.3, -0.25) is 9.69 Å². The number of benzene rings is 1. The van der Waals surface area contributed by atoms with Crippen LogP contribution in [-0.2, 0) is 20.7 Å².